The number of esters is 1. The smallest absolute Gasteiger partial charge is 0.311 e. The largest absolute Gasteiger partial charge is 0.469 e. The molecule has 0 N–H and O–H groups in total. The molecule has 0 amide bonds. The average Bonchev–Trinajstić information content (AvgIpc) is 2.66. The highest BCUT2D eigenvalue weighted by atomic mass is 32.2. The molecule has 1 aliphatic heterocycles. The predicted octanol–water partition coefficient (Wildman–Crippen LogP) is 1.76. The monoisotopic (exact) mass is 385 g/mol. The van der Waals surface area contributed by atoms with E-state index in [4.69, 9.17) is 4.74 Å². The van der Waals surface area contributed by atoms with E-state index in [1.807, 2.05) is 26.8 Å². The van der Waals surface area contributed by atoms with Crippen molar-refractivity contribution in [2.75, 3.05) is 12.9 Å². The molecule has 0 bridgehead atoms. The fourth-order valence-electron chi connectivity index (χ4n) is 2.71. The van der Waals surface area contributed by atoms with Crippen LogP contribution in [0.2, 0.25) is 0 Å². The molecule has 0 fully saturated rings. The highest BCUT2D eigenvalue weighted by molar-refractivity contribution is 7.99. The second-order valence-corrected chi connectivity index (χ2v) is 8.21. The zero-order valence-corrected chi connectivity index (χ0v) is 16.3. The number of nitriles is 1. The minimum absolute atomic E-state index is 0.0861. The molecule has 0 aliphatic carbocycles. The summed E-state index contributed by atoms with van der Waals surface area (Å²) in [7, 11) is 1.31. The van der Waals surface area contributed by atoms with Gasteiger partial charge in [0.25, 0.3) is 5.56 Å². The molecule has 0 spiro atoms. The zero-order valence-electron chi connectivity index (χ0n) is 15.5. The number of fused-ring (bicyclic) bond motifs is 1. The van der Waals surface area contributed by atoms with Crippen LogP contribution in [-0.4, -0.2) is 38.4 Å². The first-order valence-corrected chi connectivity index (χ1v) is 9.33. The molecule has 2 aromatic heterocycles. The van der Waals surface area contributed by atoms with E-state index in [0.717, 1.165) is 0 Å². The van der Waals surface area contributed by atoms with Crippen molar-refractivity contribution in [1.82, 2.24) is 19.5 Å². The number of thioether (sulfide) groups is 1. The fourth-order valence-corrected chi connectivity index (χ4v) is 3.77. The van der Waals surface area contributed by atoms with Gasteiger partial charge in [-0.15, -0.1) is 0 Å². The van der Waals surface area contributed by atoms with Crippen LogP contribution in [-0.2, 0) is 21.5 Å². The van der Waals surface area contributed by atoms with E-state index in [1.165, 1.54) is 23.4 Å². The maximum absolute atomic E-state index is 12.8. The summed E-state index contributed by atoms with van der Waals surface area (Å²) in [5.41, 5.74) is 0.00230. The summed E-state index contributed by atoms with van der Waals surface area (Å²) in [6, 6.07) is 1.94. The molecule has 3 rings (SSSR count). The number of ether oxygens (including phenoxy) is 1. The lowest BCUT2D eigenvalue weighted by Crippen LogP contribution is -2.36. The van der Waals surface area contributed by atoms with Gasteiger partial charge in [0.05, 0.1) is 18.7 Å². The first-order valence-electron chi connectivity index (χ1n) is 8.34. The van der Waals surface area contributed by atoms with Crippen molar-refractivity contribution in [3.8, 4) is 17.3 Å². The van der Waals surface area contributed by atoms with Gasteiger partial charge in [0.15, 0.2) is 5.16 Å². The van der Waals surface area contributed by atoms with Crippen molar-refractivity contribution >= 4 is 17.7 Å². The van der Waals surface area contributed by atoms with Crippen LogP contribution in [0.25, 0.3) is 11.3 Å². The van der Waals surface area contributed by atoms with Gasteiger partial charge in [-0.2, -0.15) is 5.26 Å². The summed E-state index contributed by atoms with van der Waals surface area (Å²) in [6.45, 7) is 6.15. The summed E-state index contributed by atoms with van der Waals surface area (Å²) in [5.74, 6) is 0.298. The van der Waals surface area contributed by atoms with Gasteiger partial charge in [-0.1, -0.05) is 32.5 Å². The van der Waals surface area contributed by atoms with E-state index in [1.54, 1.807) is 12.4 Å². The Kier molecular flexibility index (Phi) is 5.02. The molecule has 9 heteroatoms. The molecule has 2 aromatic rings. The molecule has 140 valence electrons. The Hall–Kier alpha value is -2.73. The molecule has 1 atom stereocenters. The van der Waals surface area contributed by atoms with Crippen LogP contribution >= 0.6 is 11.8 Å². The Morgan fingerprint density at radius 1 is 1.37 bits per heavy atom. The summed E-state index contributed by atoms with van der Waals surface area (Å²) in [6.07, 6.45) is 3.16. The van der Waals surface area contributed by atoms with Gasteiger partial charge in [-0.05, 0) is 0 Å². The highest BCUT2D eigenvalue weighted by Gasteiger charge is 2.30. The first kappa shape index (κ1) is 19.0. The highest BCUT2D eigenvalue weighted by Crippen LogP contribution is 2.29. The Bertz CT molecular complexity index is 986. The van der Waals surface area contributed by atoms with Gasteiger partial charge in [-0.25, -0.2) is 15.0 Å². The SMILES string of the molecule is COC(=O)C1CSc2nc(-c3cnc(C(C)(C)C)nc3)c(C#N)c(=O)n2C1. The first-order chi connectivity index (χ1) is 12.8. The van der Waals surface area contributed by atoms with Gasteiger partial charge < -0.3 is 4.74 Å². The van der Waals surface area contributed by atoms with Crippen LogP contribution in [0.3, 0.4) is 0 Å². The zero-order chi connectivity index (χ0) is 19.8. The second kappa shape index (κ2) is 7.12. The summed E-state index contributed by atoms with van der Waals surface area (Å²) in [5, 5.41) is 9.99. The number of hydrogen-bond acceptors (Lipinski definition) is 8. The number of methoxy groups -OCH3 is 1. The van der Waals surface area contributed by atoms with Crippen molar-refractivity contribution in [2.45, 2.75) is 37.9 Å². The molecule has 1 aliphatic rings. The Labute approximate surface area is 160 Å². The van der Waals surface area contributed by atoms with E-state index in [-0.39, 0.29) is 29.2 Å². The van der Waals surface area contributed by atoms with Gasteiger partial charge in [0.1, 0.15) is 17.5 Å². The number of hydrogen-bond donors (Lipinski definition) is 0. The maximum Gasteiger partial charge on any atom is 0.311 e. The average molecular weight is 385 g/mol. The van der Waals surface area contributed by atoms with Crippen LogP contribution in [0, 0.1) is 17.2 Å². The topological polar surface area (TPSA) is 111 Å². The number of aromatic nitrogens is 4. The van der Waals surface area contributed by atoms with Crippen molar-refractivity contribution in [2.24, 2.45) is 5.92 Å². The van der Waals surface area contributed by atoms with Crippen molar-refractivity contribution in [3.05, 3.63) is 34.1 Å². The molecule has 27 heavy (non-hydrogen) atoms. The van der Waals surface area contributed by atoms with E-state index in [9.17, 15) is 14.9 Å². The second-order valence-electron chi connectivity index (χ2n) is 7.22. The minimum Gasteiger partial charge on any atom is -0.469 e. The van der Waals surface area contributed by atoms with Gasteiger partial charge in [0.2, 0.25) is 0 Å². The lowest BCUT2D eigenvalue weighted by Gasteiger charge is -2.24. The van der Waals surface area contributed by atoms with Crippen LogP contribution in [0.4, 0.5) is 0 Å². The molecule has 3 heterocycles. The third-order valence-electron chi connectivity index (χ3n) is 4.19. The predicted molar refractivity (Wildman–Crippen MR) is 99.2 cm³/mol. The molecule has 0 aromatic carbocycles. The molecule has 8 nitrogen and oxygen atoms in total. The minimum atomic E-state index is -0.474. The van der Waals surface area contributed by atoms with Crippen LogP contribution in [0.15, 0.2) is 22.3 Å². The van der Waals surface area contributed by atoms with Crippen molar-refractivity contribution < 1.29 is 9.53 Å². The molecule has 0 saturated heterocycles. The third kappa shape index (κ3) is 3.57. The van der Waals surface area contributed by atoms with E-state index in [2.05, 4.69) is 15.0 Å². The number of rotatable bonds is 2. The van der Waals surface area contributed by atoms with E-state index < -0.39 is 11.5 Å². The van der Waals surface area contributed by atoms with Crippen molar-refractivity contribution in [3.63, 3.8) is 0 Å². The van der Waals surface area contributed by atoms with E-state index in [0.29, 0.717) is 22.3 Å². The third-order valence-corrected chi connectivity index (χ3v) is 5.33. The number of carbonyl (C=O) groups excluding carboxylic acids is 1. The van der Waals surface area contributed by atoms with Gasteiger partial charge >= 0.3 is 5.97 Å². The Morgan fingerprint density at radius 3 is 2.59 bits per heavy atom. The standard InChI is InChI=1S/C18H19N5O3S/c1-18(2,3)16-20-6-10(7-21-16)13-12(5-19)14(24)23-8-11(15(25)26-4)9-27-17(23)22-13/h6-7,11H,8-9H2,1-4H3. The molecule has 1 unspecified atom stereocenters. The molecular weight excluding hydrogens is 366 g/mol. The molecule has 0 radical (unpaired) electrons. The Morgan fingerprint density at radius 2 is 2.04 bits per heavy atom. The molecule has 0 saturated carbocycles. The van der Waals surface area contributed by atoms with Crippen LogP contribution in [0.5, 0.6) is 0 Å². The Balaban J connectivity index is 2.07. The summed E-state index contributed by atoms with van der Waals surface area (Å²) in [4.78, 5) is 37.8. The summed E-state index contributed by atoms with van der Waals surface area (Å²) < 4.78 is 6.13. The summed E-state index contributed by atoms with van der Waals surface area (Å²) >= 11 is 1.29. The maximum atomic E-state index is 12.8. The fraction of sp³-hybridized carbons (Fsp3) is 0.444. The quantitative estimate of drug-likeness (QED) is 0.568. The van der Waals surface area contributed by atoms with Gasteiger partial charge in [0, 0.05) is 35.7 Å². The number of carbonyl (C=O) groups is 1. The lowest BCUT2D eigenvalue weighted by atomic mass is 9.95. The van der Waals surface area contributed by atoms with Crippen LogP contribution < -0.4 is 5.56 Å². The van der Waals surface area contributed by atoms with Gasteiger partial charge in [-0.3, -0.25) is 14.2 Å². The lowest BCUT2D eigenvalue weighted by molar-refractivity contribution is -0.145. The van der Waals surface area contributed by atoms with Crippen LogP contribution in [0.1, 0.15) is 32.2 Å². The number of nitrogens with zero attached hydrogens (tertiary/aromatic N) is 5. The van der Waals surface area contributed by atoms with Crippen molar-refractivity contribution in [1.29, 1.82) is 5.26 Å². The van der Waals surface area contributed by atoms with E-state index >= 15 is 0 Å². The molecular formula is C18H19N5O3S. The normalized spacial score (nSPS) is 16.3.